The monoisotopic (exact) mass is 616 g/mol. The zero-order valence-corrected chi connectivity index (χ0v) is 27.1. The molecule has 1 saturated heterocycles. The summed E-state index contributed by atoms with van der Waals surface area (Å²) in [6.07, 6.45) is 1.59. The molecule has 9 nitrogen and oxygen atoms in total. The highest BCUT2D eigenvalue weighted by molar-refractivity contribution is 5.81. The number of carbonyl (C=O) groups is 2. The lowest BCUT2D eigenvalue weighted by atomic mass is 9.34. The van der Waals surface area contributed by atoms with Crippen LogP contribution in [-0.4, -0.2) is 74.3 Å². The highest BCUT2D eigenvalue weighted by atomic mass is 16.7. The van der Waals surface area contributed by atoms with E-state index in [0.29, 0.717) is 18.3 Å². The second kappa shape index (κ2) is 9.30. The van der Waals surface area contributed by atoms with E-state index in [1.165, 1.54) is 5.57 Å². The van der Waals surface area contributed by atoms with Crippen LogP contribution in [0.4, 0.5) is 0 Å². The minimum atomic E-state index is -1.84. The Balaban J connectivity index is 1.23. The molecule has 7 aliphatic rings. The number of esters is 1. The summed E-state index contributed by atoms with van der Waals surface area (Å²) in [6, 6.07) is 0. The Bertz CT molecular complexity index is 1290. The third-order valence-corrected chi connectivity index (χ3v) is 15.8. The predicted octanol–water partition coefficient (Wildman–Crippen LogP) is 3.80. The normalized spacial score (nSPS) is 57.0. The van der Waals surface area contributed by atoms with Gasteiger partial charge in [0.15, 0.2) is 6.10 Å². The molecule has 0 aromatic rings. The first-order valence-electron chi connectivity index (χ1n) is 16.9. The van der Waals surface area contributed by atoms with Crippen LogP contribution in [0.3, 0.4) is 0 Å². The van der Waals surface area contributed by atoms with E-state index in [1.807, 2.05) is 0 Å². The van der Waals surface area contributed by atoms with Crippen molar-refractivity contribution in [3.8, 4) is 0 Å². The standard InChI is InChI=1S/C35H52O9/c1-30(2)19-9-12-33(5)20(32(19,4)11-10-22(30)36)8-7-17-18-15-31(3)13-14-35(18,21(31)16-34(17,33)6)29(42)44-28-25(39)23(37)24(38)26(43-28)27(40)41/h7,18-26,28,36-39H,8-16H2,1-6H3,(H,40,41)/t18-,19-,20+,21-,22-,23-,24-,25+,26-,28-,31+,32-,33+,34+,35+/m0/s1. The lowest BCUT2D eigenvalue weighted by Crippen LogP contribution is -2.65. The zero-order chi connectivity index (χ0) is 32.0. The van der Waals surface area contributed by atoms with Gasteiger partial charge in [-0.05, 0) is 109 Å². The zero-order valence-electron chi connectivity index (χ0n) is 27.1. The van der Waals surface area contributed by atoms with Gasteiger partial charge in [-0.15, -0.1) is 0 Å². The predicted molar refractivity (Wildman–Crippen MR) is 159 cm³/mol. The van der Waals surface area contributed by atoms with Crippen molar-refractivity contribution >= 4 is 11.9 Å². The maximum Gasteiger partial charge on any atom is 0.335 e. The topological polar surface area (TPSA) is 154 Å². The van der Waals surface area contributed by atoms with E-state index in [9.17, 15) is 35.1 Å². The van der Waals surface area contributed by atoms with Gasteiger partial charge in [0.1, 0.15) is 18.3 Å². The van der Waals surface area contributed by atoms with Gasteiger partial charge in [0.05, 0.1) is 11.5 Å². The van der Waals surface area contributed by atoms with Crippen molar-refractivity contribution in [3.63, 3.8) is 0 Å². The first-order chi connectivity index (χ1) is 20.4. The van der Waals surface area contributed by atoms with Crippen molar-refractivity contribution in [1.82, 2.24) is 0 Å². The summed E-state index contributed by atoms with van der Waals surface area (Å²) in [5.74, 6) is -1.01. The second-order valence-electron chi connectivity index (χ2n) is 17.5. The van der Waals surface area contributed by atoms with E-state index in [-0.39, 0.29) is 45.0 Å². The molecule has 7 rings (SSSR count). The van der Waals surface area contributed by atoms with Crippen molar-refractivity contribution < 1.29 is 44.6 Å². The van der Waals surface area contributed by atoms with Crippen LogP contribution in [0, 0.1) is 56.2 Å². The quantitative estimate of drug-likeness (QED) is 0.235. The number of aliphatic hydroxyl groups is 4. The maximum atomic E-state index is 14.4. The fraction of sp³-hybridized carbons (Fsp3) is 0.886. The summed E-state index contributed by atoms with van der Waals surface area (Å²) < 4.78 is 11.2. The van der Waals surface area contributed by atoms with Crippen molar-refractivity contribution in [1.29, 1.82) is 0 Å². The highest BCUT2D eigenvalue weighted by Crippen LogP contribution is 2.82. The van der Waals surface area contributed by atoms with Gasteiger partial charge in [0.2, 0.25) is 6.29 Å². The number of carboxylic acid groups (broad SMARTS) is 1. The molecule has 44 heavy (non-hydrogen) atoms. The minimum Gasteiger partial charge on any atom is -0.479 e. The molecule has 4 bridgehead atoms. The highest BCUT2D eigenvalue weighted by Gasteiger charge is 2.77. The largest absolute Gasteiger partial charge is 0.479 e. The fourth-order valence-electron chi connectivity index (χ4n) is 13.2. The smallest absolute Gasteiger partial charge is 0.335 e. The van der Waals surface area contributed by atoms with Gasteiger partial charge >= 0.3 is 11.9 Å². The van der Waals surface area contributed by atoms with E-state index in [2.05, 4.69) is 47.6 Å². The number of allylic oxidation sites excluding steroid dienone is 2. The summed E-state index contributed by atoms with van der Waals surface area (Å²) in [5, 5.41) is 51.7. The van der Waals surface area contributed by atoms with E-state index in [4.69, 9.17) is 9.47 Å². The number of fused-ring (bicyclic) bond motifs is 6. The Hall–Kier alpha value is -1.52. The number of hydrogen-bond donors (Lipinski definition) is 5. The summed E-state index contributed by atoms with van der Waals surface area (Å²) in [5.41, 5.74) is 0.470. The molecular weight excluding hydrogens is 564 g/mol. The Labute approximate surface area is 260 Å². The molecule has 0 radical (unpaired) electrons. The summed E-state index contributed by atoms with van der Waals surface area (Å²) >= 11 is 0. The number of ether oxygens (including phenoxy) is 2. The Morgan fingerprint density at radius 1 is 0.841 bits per heavy atom. The first kappa shape index (κ1) is 31.1. The molecule has 6 aliphatic carbocycles. The molecule has 6 fully saturated rings. The summed E-state index contributed by atoms with van der Waals surface area (Å²) in [7, 11) is 0. The molecule has 9 heteroatoms. The van der Waals surface area contributed by atoms with Gasteiger partial charge in [-0.1, -0.05) is 53.2 Å². The molecule has 0 amide bonds. The van der Waals surface area contributed by atoms with Crippen LogP contribution >= 0.6 is 0 Å². The second-order valence-corrected chi connectivity index (χ2v) is 17.5. The van der Waals surface area contributed by atoms with Crippen LogP contribution in [0.1, 0.15) is 99.3 Å². The minimum absolute atomic E-state index is 0.0167. The molecule has 5 saturated carbocycles. The average Bonchev–Trinajstić information content (AvgIpc) is 3.33. The van der Waals surface area contributed by atoms with E-state index in [1.54, 1.807) is 0 Å². The van der Waals surface area contributed by atoms with Gasteiger partial charge < -0.3 is 35.0 Å². The third kappa shape index (κ3) is 3.54. The summed E-state index contributed by atoms with van der Waals surface area (Å²) in [6.45, 7) is 14.3. The Kier molecular flexibility index (Phi) is 6.57. The molecule has 5 N–H and O–H groups in total. The van der Waals surface area contributed by atoms with Crippen LogP contribution in [0.5, 0.6) is 0 Å². The number of carboxylic acids is 1. The SMILES string of the molecule is CC1(C)[C@@H](O)CC[C@]2(C)[C@H]3CC=C4[C@@H]5C[C@@]6(C)CC[C@]5(C(=O)O[C@@H]5O[C@H](C(=O)O)[C@@H](O)[C@H](O)[C@H]5O)[C@H]6C[C@@]4(C)[C@]3(C)CC[C@@H]12. The van der Waals surface area contributed by atoms with Crippen LogP contribution in [0.25, 0.3) is 0 Å². The first-order valence-corrected chi connectivity index (χ1v) is 16.9. The maximum absolute atomic E-state index is 14.4. The van der Waals surface area contributed by atoms with Crippen molar-refractivity contribution in [2.75, 3.05) is 0 Å². The number of hydrogen-bond acceptors (Lipinski definition) is 8. The number of carbonyl (C=O) groups excluding carboxylic acids is 1. The molecular formula is C35H52O9. The van der Waals surface area contributed by atoms with Crippen LogP contribution in [0.2, 0.25) is 0 Å². The molecule has 0 spiro atoms. The van der Waals surface area contributed by atoms with Crippen molar-refractivity contribution in [2.24, 2.45) is 56.2 Å². The molecule has 0 aromatic carbocycles. The molecule has 0 aromatic heterocycles. The van der Waals surface area contributed by atoms with Gasteiger partial charge in [0.25, 0.3) is 0 Å². The van der Waals surface area contributed by atoms with Crippen LogP contribution < -0.4 is 0 Å². The van der Waals surface area contributed by atoms with Crippen molar-refractivity contribution in [2.45, 2.75) is 136 Å². The number of rotatable bonds is 3. The lowest BCUT2D eigenvalue weighted by molar-refractivity contribution is -0.290. The van der Waals surface area contributed by atoms with E-state index < -0.39 is 48.1 Å². The molecule has 1 heterocycles. The van der Waals surface area contributed by atoms with E-state index >= 15 is 0 Å². The molecule has 246 valence electrons. The lowest BCUT2D eigenvalue weighted by Gasteiger charge is -2.70. The Morgan fingerprint density at radius 2 is 1.55 bits per heavy atom. The average molecular weight is 617 g/mol. The molecule has 0 unspecified atom stereocenters. The molecule has 15 atom stereocenters. The fourth-order valence-corrected chi connectivity index (χ4v) is 13.2. The van der Waals surface area contributed by atoms with Gasteiger partial charge in [0, 0.05) is 0 Å². The third-order valence-electron chi connectivity index (χ3n) is 15.8. The van der Waals surface area contributed by atoms with Crippen LogP contribution in [0.15, 0.2) is 11.6 Å². The number of aliphatic hydroxyl groups excluding tert-OH is 4. The number of aliphatic carboxylic acids is 1. The van der Waals surface area contributed by atoms with Gasteiger partial charge in [-0.25, -0.2) is 4.79 Å². The van der Waals surface area contributed by atoms with Gasteiger partial charge in [-0.3, -0.25) is 4.79 Å². The van der Waals surface area contributed by atoms with Gasteiger partial charge in [-0.2, -0.15) is 0 Å². The molecule has 1 aliphatic heterocycles. The van der Waals surface area contributed by atoms with Crippen molar-refractivity contribution in [3.05, 3.63) is 11.6 Å². The van der Waals surface area contributed by atoms with Crippen LogP contribution in [-0.2, 0) is 19.1 Å². The Morgan fingerprint density at radius 3 is 2.23 bits per heavy atom. The summed E-state index contributed by atoms with van der Waals surface area (Å²) in [4.78, 5) is 26.1. The van der Waals surface area contributed by atoms with E-state index in [0.717, 1.165) is 51.4 Å².